The van der Waals surface area contributed by atoms with Gasteiger partial charge in [0.05, 0.1) is 6.10 Å². The Morgan fingerprint density at radius 1 is 1.17 bits per heavy atom. The van der Waals surface area contributed by atoms with Gasteiger partial charge in [0.1, 0.15) is 0 Å². The highest BCUT2D eigenvalue weighted by Crippen LogP contribution is 2.15. The number of amides is 1. The molecule has 1 aromatic rings. The maximum atomic E-state index is 11.9. The van der Waals surface area contributed by atoms with Gasteiger partial charge >= 0.3 is 0 Å². The third kappa shape index (κ3) is 7.06. The van der Waals surface area contributed by atoms with E-state index in [1.54, 1.807) is 0 Å². The van der Waals surface area contributed by atoms with Gasteiger partial charge in [0.15, 0.2) is 0 Å². The smallest absolute Gasteiger partial charge is 0.223 e. The largest absolute Gasteiger partial charge is 0.387 e. The maximum absolute atomic E-state index is 11.9. The highest BCUT2D eigenvalue weighted by atomic mass is 35.5. The second-order valence-corrected chi connectivity index (χ2v) is 5.46. The van der Waals surface area contributed by atoms with Crippen LogP contribution in [0.5, 0.6) is 0 Å². The molecule has 5 nitrogen and oxygen atoms in total. The zero-order chi connectivity index (χ0) is 15.1. The van der Waals surface area contributed by atoms with Gasteiger partial charge < -0.3 is 15.3 Å². The first-order chi connectivity index (χ1) is 10.2. The molecule has 0 saturated carbocycles. The number of β-amino-alcohol motifs (C(OH)–C–C–N with tert-alkyl or cyclic N) is 1. The number of piperazine rings is 1. The number of nitrogens with one attached hydrogen (secondary N) is 1. The first kappa shape index (κ1) is 22.1. The Kier molecular flexibility index (Phi) is 11.2. The van der Waals surface area contributed by atoms with E-state index in [9.17, 15) is 9.90 Å². The number of carbonyl (C=O) groups is 1. The minimum Gasteiger partial charge on any atom is -0.387 e. The van der Waals surface area contributed by atoms with Crippen molar-refractivity contribution in [2.24, 2.45) is 0 Å². The van der Waals surface area contributed by atoms with Crippen LogP contribution < -0.4 is 5.32 Å². The normalized spacial score (nSPS) is 16.2. The van der Waals surface area contributed by atoms with Crippen molar-refractivity contribution >= 4 is 30.7 Å². The molecule has 1 heterocycles. The van der Waals surface area contributed by atoms with Gasteiger partial charge in [-0.25, -0.2) is 0 Å². The molecule has 2 rings (SSSR count). The molecule has 1 amide bonds. The summed E-state index contributed by atoms with van der Waals surface area (Å²) in [5, 5.41) is 13.2. The van der Waals surface area contributed by atoms with Crippen molar-refractivity contribution in [3.05, 3.63) is 35.9 Å². The third-order valence-corrected chi connectivity index (χ3v) is 3.93. The SMILES string of the molecule is CNCCC(=O)N1CCN(CC(O)c2ccccc2)CC1.Cl.Cl. The second-order valence-electron chi connectivity index (χ2n) is 5.46. The zero-order valence-electron chi connectivity index (χ0n) is 13.5. The van der Waals surface area contributed by atoms with Crippen LogP contribution in [-0.2, 0) is 4.79 Å². The summed E-state index contributed by atoms with van der Waals surface area (Å²) in [6.07, 6.45) is 0.0982. The summed E-state index contributed by atoms with van der Waals surface area (Å²) in [5.41, 5.74) is 0.949. The molecule has 0 spiro atoms. The van der Waals surface area contributed by atoms with Crippen LogP contribution in [0.2, 0.25) is 0 Å². The van der Waals surface area contributed by atoms with E-state index < -0.39 is 6.10 Å². The lowest BCUT2D eigenvalue weighted by Gasteiger charge is -2.35. The number of rotatable bonds is 6. The Labute approximate surface area is 150 Å². The maximum Gasteiger partial charge on any atom is 0.223 e. The van der Waals surface area contributed by atoms with Crippen molar-refractivity contribution in [3.8, 4) is 0 Å². The fraction of sp³-hybridized carbons (Fsp3) is 0.562. The molecule has 1 saturated heterocycles. The molecule has 2 N–H and O–H groups in total. The number of halogens is 2. The van der Waals surface area contributed by atoms with Crippen LogP contribution >= 0.6 is 24.8 Å². The van der Waals surface area contributed by atoms with Gasteiger partial charge in [-0.15, -0.1) is 24.8 Å². The van der Waals surface area contributed by atoms with E-state index in [0.717, 1.165) is 38.3 Å². The molecule has 23 heavy (non-hydrogen) atoms. The Hall–Kier alpha value is -0.850. The van der Waals surface area contributed by atoms with Crippen LogP contribution in [0.15, 0.2) is 30.3 Å². The molecular formula is C16H27Cl2N3O2. The lowest BCUT2D eigenvalue weighted by Crippen LogP contribution is -2.49. The van der Waals surface area contributed by atoms with Gasteiger partial charge in [-0.3, -0.25) is 9.69 Å². The van der Waals surface area contributed by atoms with Crippen LogP contribution in [0.1, 0.15) is 18.1 Å². The molecule has 1 aromatic carbocycles. The van der Waals surface area contributed by atoms with Gasteiger partial charge in [-0.1, -0.05) is 30.3 Å². The Balaban J connectivity index is 0.00000242. The van der Waals surface area contributed by atoms with Gasteiger partial charge in [-0.2, -0.15) is 0 Å². The molecule has 0 radical (unpaired) electrons. The number of hydrogen-bond acceptors (Lipinski definition) is 4. The van der Waals surface area contributed by atoms with Crippen molar-refractivity contribution in [1.82, 2.24) is 15.1 Å². The molecular weight excluding hydrogens is 337 g/mol. The zero-order valence-corrected chi connectivity index (χ0v) is 15.1. The van der Waals surface area contributed by atoms with E-state index in [0.29, 0.717) is 13.0 Å². The topological polar surface area (TPSA) is 55.8 Å². The number of hydrogen-bond donors (Lipinski definition) is 2. The highest BCUT2D eigenvalue weighted by molar-refractivity contribution is 5.85. The van der Waals surface area contributed by atoms with Crippen molar-refractivity contribution in [1.29, 1.82) is 0 Å². The summed E-state index contributed by atoms with van der Waals surface area (Å²) in [6.45, 7) is 4.52. The van der Waals surface area contributed by atoms with Gasteiger partial charge in [-0.05, 0) is 12.6 Å². The Morgan fingerprint density at radius 2 is 1.78 bits per heavy atom. The number of carbonyl (C=O) groups excluding carboxylic acids is 1. The molecule has 1 unspecified atom stereocenters. The minimum atomic E-state index is -0.460. The molecule has 1 atom stereocenters. The highest BCUT2D eigenvalue weighted by Gasteiger charge is 2.22. The van der Waals surface area contributed by atoms with Crippen LogP contribution in [-0.4, -0.2) is 67.1 Å². The van der Waals surface area contributed by atoms with Crippen LogP contribution in [0.3, 0.4) is 0 Å². The monoisotopic (exact) mass is 363 g/mol. The van der Waals surface area contributed by atoms with E-state index in [2.05, 4.69) is 10.2 Å². The van der Waals surface area contributed by atoms with E-state index in [1.807, 2.05) is 42.3 Å². The minimum absolute atomic E-state index is 0. The van der Waals surface area contributed by atoms with E-state index in [1.165, 1.54) is 0 Å². The molecule has 0 bridgehead atoms. The molecule has 0 aliphatic carbocycles. The molecule has 1 aliphatic heterocycles. The predicted octanol–water partition coefficient (Wildman–Crippen LogP) is 1.32. The predicted molar refractivity (Wildman–Crippen MR) is 97.5 cm³/mol. The van der Waals surface area contributed by atoms with Crippen molar-refractivity contribution in [3.63, 3.8) is 0 Å². The molecule has 0 aromatic heterocycles. The molecule has 132 valence electrons. The first-order valence-electron chi connectivity index (χ1n) is 7.58. The van der Waals surface area contributed by atoms with Crippen molar-refractivity contribution in [2.45, 2.75) is 12.5 Å². The number of aliphatic hydroxyl groups is 1. The fourth-order valence-electron chi connectivity index (χ4n) is 2.60. The molecule has 1 fully saturated rings. The standard InChI is InChI=1S/C16H25N3O2.2ClH/c1-17-8-7-16(21)19-11-9-18(10-12-19)13-15(20)14-5-3-2-4-6-14;;/h2-6,15,17,20H,7-13H2,1H3;2*1H. The number of aliphatic hydroxyl groups excluding tert-OH is 1. The fourth-order valence-corrected chi connectivity index (χ4v) is 2.60. The molecule has 1 aliphatic rings. The van der Waals surface area contributed by atoms with E-state index in [-0.39, 0.29) is 30.7 Å². The van der Waals surface area contributed by atoms with Crippen LogP contribution in [0.25, 0.3) is 0 Å². The average Bonchev–Trinajstić information content (AvgIpc) is 2.54. The van der Waals surface area contributed by atoms with Gasteiger partial charge in [0.2, 0.25) is 5.91 Å². The third-order valence-electron chi connectivity index (χ3n) is 3.93. The van der Waals surface area contributed by atoms with E-state index in [4.69, 9.17) is 0 Å². The number of nitrogens with zero attached hydrogens (tertiary/aromatic N) is 2. The Morgan fingerprint density at radius 3 is 2.35 bits per heavy atom. The Bertz CT molecular complexity index is 440. The van der Waals surface area contributed by atoms with Gasteiger partial charge in [0, 0.05) is 45.7 Å². The lowest BCUT2D eigenvalue weighted by molar-refractivity contribution is -0.133. The number of benzene rings is 1. The summed E-state index contributed by atoms with van der Waals surface area (Å²) in [7, 11) is 1.86. The lowest BCUT2D eigenvalue weighted by atomic mass is 10.1. The summed E-state index contributed by atoms with van der Waals surface area (Å²) in [4.78, 5) is 16.1. The van der Waals surface area contributed by atoms with Crippen LogP contribution in [0, 0.1) is 0 Å². The summed E-state index contributed by atoms with van der Waals surface area (Å²) in [6, 6.07) is 9.73. The van der Waals surface area contributed by atoms with Crippen molar-refractivity contribution in [2.75, 3.05) is 46.3 Å². The second kappa shape index (κ2) is 11.6. The summed E-state index contributed by atoms with van der Waals surface area (Å²) in [5.74, 6) is 0.215. The average molecular weight is 364 g/mol. The molecule has 7 heteroatoms. The quantitative estimate of drug-likeness (QED) is 0.800. The summed E-state index contributed by atoms with van der Waals surface area (Å²) < 4.78 is 0. The van der Waals surface area contributed by atoms with E-state index >= 15 is 0 Å². The van der Waals surface area contributed by atoms with Gasteiger partial charge in [0.25, 0.3) is 0 Å². The van der Waals surface area contributed by atoms with Crippen LogP contribution in [0.4, 0.5) is 0 Å². The first-order valence-corrected chi connectivity index (χ1v) is 7.58. The van der Waals surface area contributed by atoms with Crippen molar-refractivity contribution < 1.29 is 9.90 Å². The summed E-state index contributed by atoms with van der Waals surface area (Å²) >= 11 is 0.